The molecular weight excluding hydrogens is 370 g/mol. The van der Waals surface area contributed by atoms with Crippen LogP contribution in [0.25, 0.3) is 11.2 Å². The second-order valence-electron chi connectivity index (χ2n) is 7.38. The number of nitrogens with one attached hydrogen (secondary N) is 1. The highest BCUT2D eigenvalue weighted by atomic mass is 16.6. The first-order valence-electron chi connectivity index (χ1n) is 9.94. The molecule has 29 heavy (non-hydrogen) atoms. The third kappa shape index (κ3) is 3.35. The molecule has 0 aliphatic carbocycles. The number of likely N-dealkylation sites (tertiary alicyclic amines) is 1. The van der Waals surface area contributed by atoms with Crippen molar-refractivity contribution in [2.75, 3.05) is 31.6 Å². The molecule has 5 rings (SSSR count). The number of aromatic nitrogens is 3. The maximum atomic E-state index is 12.7. The van der Waals surface area contributed by atoms with E-state index in [1.54, 1.807) is 6.20 Å². The second kappa shape index (κ2) is 7.27. The summed E-state index contributed by atoms with van der Waals surface area (Å²) in [6.07, 6.45) is 3.55. The number of urea groups is 1. The molecule has 2 aromatic heterocycles. The standard InChI is InChI=1S/C21H23N5O3/c1-14-23-17-3-2-8-22-20(17)26(14)16-6-9-25(10-7-16)21(27)24-15-4-5-18-19(13-15)29-12-11-28-18/h2-5,8,13,16H,6-7,9-12H2,1H3,(H,24,27). The number of pyridine rings is 1. The number of hydrogen-bond donors (Lipinski definition) is 1. The van der Waals surface area contributed by atoms with E-state index < -0.39 is 0 Å². The fraction of sp³-hybridized carbons (Fsp3) is 0.381. The van der Waals surface area contributed by atoms with Crippen LogP contribution in [0.4, 0.5) is 10.5 Å². The molecule has 8 heteroatoms. The van der Waals surface area contributed by atoms with E-state index in [1.807, 2.05) is 42.2 Å². The lowest BCUT2D eigenvalue weighted by Crippen LogP contribution is -2.41. The minimum absolute atomic E-state index is 0.0922. The Morgan fingerprint density at radius 1 is 1.14 bits per heavy atom. The Morgan fingerprint density at radius 2 is 1.93 bits per heavy atom. The van der Waals surface area contributed by atoms with Crippen LogP contribution in [-0.2, 0) is 0 Å². The van der Waals surface area contributed by atoms with Gasteiger partial charge in [0.2, 0.25) is 0 Å². The summed E-state index contributed by atoms with van der Waals surface area (Å²) < 4.78 is 13.3. The SMILES string of the molecule is Cc1nc2cccnc2n1C1CCN(C(=O)Nc2ccc3c(c2)OCCO3)CC1. The number of fused-ring (bicyclic) bond motifs is 2. The number of carbonyl (C=O) groups excluding carboxylic acids is 1. The molecule has 3 aromatic rings. The zero-order valence-electron chi connectivity index (χ0n) is 16.3. The molecule has 2 amide bonds. The highest BCUT2D eigenvalue weighted by molar-refractivity contribution is 5.89. The van der Waals surface area contributed by atoms with Gasteiger partial charge >= 0.3 is 6.03 Å². The van der Waals surface area contributed by atoms with Crippen molar-refractivity contribution < 1.29 is 14.3 Å². The first kappa shape index (κ1) is 17.8. The predicted molar refractivity (Wildman–Crippen MR) is 109 cm³/mol. The number of nitrogens with zero attached hydrogens (tertiary/aromatic N) is 4. The summed E-state index contributed by atoms with van der Waals surface area (Å²) in [7, 11) is 0. The van der Waals surface area contributed by atoms with Gasteiger partial charge in [-0.25, -0.2) is 14.8 Å². The Morgan fingerprint density at radius 3 is 2.76 bits per heavy atom. The first-order valence-corrected chi connectivity index (χ1v) is 9.94. The van der Waals surface area contributed by atoms with Gasteiger partial charge in [-0.3, -0.25) is 0 Å². The van der Waals surface area contributed by atoms with Crippen LogP contribution >= 0.6 is 0 Å². The molecule has 1 fully saturated rings. The van der Waals surface area contributed by atoms with E-state index in [0.29, 0.717) is 49.5 Å². The summed E-state index contributed by atoms with van der Waals surface area (Å²) in [5, 5.41) is 2.97. The van der Waals surface area contributed by atoms with Gasteiger partial charge in [-0.2, -0.15) is 0 Å². The van der Waals surface area contributed by atoms with Gasteiger partial charge < -0.3 is 24.3 Å². The third-order valence-corrected chi connectivity index (χ3v) is 5.54. The van der Waals surface area contributed by atoms with E-state index in [0.717, 1.165) is 29.8 Å². The molecule has 8 nitrogen and oxygen atoms in total. The maximum absolute atomic E-state index is 12.7. The number of aryl methyl sites for hydroxylation is 1. The molecule has 4 heterocycles. The smallest absolute Gasteiger partial charge is 0.321 e. The van der Waals surface area contributed by atoms with E-state index in [4.69, 9.17) is 9.47 Å². The highest BCUT2D eigenvalue weighted by Crippen LogP contribution is 2.33. The molecule has 2 aliphatic rings. The number of rotatable bonds is 2. The zero-order valence-corrected chi connectivity index (χ0v) is 16.3. The van der Waals surface area contributed by atoms with Crippen molar-refractivity contribution in [3.8, 4) is 11.5 Å². The number of anilines is 1. The molecule has 2 aliphatic heterocycles. The summed E-state index contributed by atoms with van der Waals surface area (Å²) in [4.78, 5) is 23.7. The van der Waals surface area contributed by atoms with Crippen LogP contribution in [0.15, 0.2) is 36.5 Å². The van der Waals surface area contributed by atoms with Crippen LogP contribution < -0.4 is 14.8 Å². The van der Waals surface area contributed by atoms with E-state index in [9.17, 15) is 4.79 Å². The summed E-state index contributed by atoms with van der Waals surface area (Å²) in [6, 6.07) is 9.58. The van der Waals surface area contributed by atoms with Gasteiger partial charge in [-0.05, 0) is 44.0 Å². The van der Waals surface area contributed by atoms with Gasteiger partial charge in [-0.15, -0.1) is 0 Å². The molecule has 0 unspecified atom stereocenters. The molecule has 0 bridgehead atoms. The lowest BCUT2D eigenvalue weighted by atomic mass is 10.0. The second-order valence-corrected chi connectivity index (χ2v) is 7.38. The van der Waals surface area contributed by atoms with Gasteiger partial charge in [0, 0.05) is 37.1 Å². The van der Waals surface area contributed by atoms with Gasteiger partial charge in [0.25, 0.3) is 0 Å². The lowest BCUT2D eigenvalue weighted by Gasteiger charge is -2.33. The number of amides is 2. The molecule has 0 spiro atoms. The number of piperidine rings is 1. The van der Waals surface area contributed by atoms with Crippen molar-refractivity contribution in [1.29, 1.82) is 0 Å². The Hall–Kier alpha value is -3.29. The number of imidazole rings is 1. The van der Waals surface area contributed by atoms with E-state index in [2.05, 4.69) is 19.9 Å². The summed E-state index contributed by atoms with van der Waals surface area (Å²) in [5.41, 5.74) is 2.55. The Bertz CT molecular complexity index is 1060. The largest absolute Gasteiger partial charge is 0.486 e. The van der Waals surface area contributed by atoms with Crippen molar-refractivity contribution in [3.05, 3.63) is 42.4 Å². The summed E-state index contributed by atoms with van der Waals surface area (Å²) in [5.74, 6) is 2.35. The van der Waals surface area contributed by atoms with Crippen molar-refractivity contribution >= 4 is 22.9 Å². The molecule has 1 aromatic carbocycles. The van der Waals surface area contributed by atoms with Crippen LogP contribution in [0, 0.1) is 6.92 Å². The highest BCUT2D eigenvalue weighted by Gasteiger charge is 2.26. The average Bonchev–Trinajstić information content (AvgIpc) is 3.09. The minimum Gasteiger partial charge on any atom is -0.486 e. The van der Waals surface area contributed by atoms with Gasteiger partial charge in [0.1, 0.15) is 24.6 Å². The van der Waals surface area contributed by atoms with Crippen LogP contribution in [-0.4, -0.2) is 51.8 Å². The normalized spacial score (nSPS) is 16.8. The molecule has 0 saturated carbocycles. The molecular formula is C21H23N5O3. The topological polar surface area (TPSA) is 81.5 Å². The average molecular weight is 393 g/mol. The first-order chi connectivity index (χ1) is 14.2. The van der Waals surface area contributed by atoms with Crippen LogP contribution in [0.2, 0.25) is 0 Å². The molecule has 1 N–H and O–H groups in total. The lowest BCUT2D eigenvalue weighted by molar-refractivity contribution is 0.171. The Labute approximate surface area is 168 Å². The Balaban J connectivity index is 1.24. The quantitative estimate of drug-likeness (QED) is 0.722. The predicted octanol–water partition coefficient (Wildman–Crippen LogP) is 3.38. The number of benzene rings is 1. The van der Waals surface area contributed by atoms with Gasteiger partial charge in [0.05, 0.1) is 0 Å². The number of ether oxygens (including phenoxy) is 2. The van der Waals surface area contributed by atoms with Crippen LogP contribution in [0.1, 0.15) is 24.7 Å². The van der Waals surface area contributed by atoms with Crippen molar-refractivity contribution in [2.24, 2.45) is 0 Å². The maximum Gasteiger partial charge on any atom is 0.321 e. The van der Waals surface area contributed by atoms with E-state index in [1.165, 1.54) is 0 Å². The fourth-order valence-electron chi connectivity index (χ4n) is 4.13. The zero-order chi connectivity index (χ0) is 19.8. The van der Waals surface area contributed by atoms with Gasteiger partial charge in [0.15, 0.2) is 17.1 Å². The van der Waals surface area contributed by atoms with Crippen molar-refractivity contribution in [2.45, 2.75) is 25.8 Å². The molecule has 150 valence electrons. The Kier molecular flexibility index (Phi) is 4.46. The van der Waals surface area contributed by atoms with Crippen molar-refractivity contribution in [1.82, 2.24) is 19.4 Å². The van der Waals surface area contributed by atoms with Crippen LogP contribution in [0.5, 0.6) is 11.5 Å². The molecule has 0 radical (unpaired) electrons. The van der Waals surface area contributed by atoms with Gasteiger partial charge in [-0.1, -0.05) is 0 Å². The van der Waals surface area contributed by atoms with E-state index in [-0.39, 0.29) is 6.03 Å². The van der Waals surface area contributed by atoms with E-state index >= 15 is 0 Å². The van der Waals surface area contributed by atoms with Crippen molar-refractivity contribution in [3.63, 3.8) is 0 Å². The molecule has 0 atom stereocenters. The molecule has 1 saturated heterocycles. The monoisotopic (exact) mass is 393 g/mol. The minimum atomic E-state index is -0.0922. The third-order valence-electron chi connectivity index (χ3n) is 5.54. The fourth-order valence-corrected chi connectivity index (χ4v) is 4.13. The number of hydrogen-bond acceptors (Lipinski definition) is 5. The number of carbonyl (C=O) groups is 1. The summed E-state index contributed by atoms with van der Waals surface area (Å²) >= 11 is 0. The summed E-state index contributed by atoms with van der Waals surface area (Å²) in [6.45, 7) is 4.46. The van der Waals surface area contributed by atoms with Crippen LogP contribution in [0.3, 0.4) is 0 Å².